The van der Waals surface area contributed by atoms with Gasteiger partial charge in [0.25, 0.3) is 0 Å². The summed E-state index contributed by atoms with van der Waals surface area (Å²) < 4.78 is 0. The summed E-state index contributed by atoms with van der Waals surface area (Å²) >= 11 is 0. The van der Waals surface area contributed by atoms with E-state index < -0.39 is 0 Å². The molecule has 4 amide bonds. The molecule has 1 fully saturated rings. The molecule has 4 rings (SSSR count). The number of nitrogens with two attached hydrogens (primary N) is 1. The van der Waals surface area contributed by atoms with Crippen LogP contribution in [0.4, 0.5) is 4.79 Å². The van der Waals surface area contributed by atoms with E-state index in [9.17, 15) is 14.4 Å². The molecule has 4 N–H and O–H groups in total. The van der Waals surface area contributed by atoms with E-state index in [-0.39, 0.29) is 23.8 Å². The van der Waals surface area contributed by atoms with Crippen LogP contribution in [0.2, 0.25) is 0 Å². The average molecular weight is 412 g/mol. The highest BCUT2D eigenvalue weighted by Gasteiger charge is 2.26. The van der Waals surface area contributed by atoms with Gasteiger partial charge in [0.1, 0.15) is 0 Å². The summed E-state index contributed by atoms with van der Waals surface area (Å²) in [4.78, 5) is 43.1. The molecule has 1 saturated heterocycles. The molecular weight excluding hydrogens is 382 g/mol. The third-order valence-corrected chi connectivity index (χ3v) is 6.26. The fourth-order valence-corrected chi connectivity index (χ4v) is 4.48. The molecule has 2 aliphatic heterocycles. The number of rotatable bonds is 5. The van der Waals surface area contributed by atoms with Crippen LogP contribution in [-0.2, 0) is 22.6 Å². The van der Waals surface area contributed by atoms with Gasteiger partial charge >= 0.3 is 6.03 Å². The lowest BCUT2D eigenvalue weighted by atomic mass is 9.96. The molecule has 2 aromatic rings. The van der Waals surface area contributed by atoms with E-state index in [2.05, 4.69) is 22.4 Å². The molecule has 0 unspecified atom stereocenters. The Morgan fingerprint density at radius 3 is 2.63 bits per heavy atom. The van der Waals surface area contributed by atoms with E-state index in [1.54, 1.807) is 4.90 Å². The van der Waals surface area contributed by atoms with Crippen molar-refractivity contribution in [2.45, 2.75) is 38.6 Å². The molecule has 8 nitrogen and oxygen atoms in total. The van der Waals surface area contributed by atoms with Crippen molar-refractivity contribution in [2.75, 3.05) is 26.2 Å². The minimum atomic E-state index is -0.276. The first-order valence-electron chi connectivity index (χ1n) is 10.7. The van der Waals surface area contributed by atoms with Gasteiger partial charge in [-0.1, -0.05) is 18.2 Å². The van der Waals surface area contributed by atoms with Gasteiger partial charge in [0, 0.05) is 55.1 Å². The predicted molar refractivity (Wildman–Crippen MR) is 114 cm³/mol. The van der Waals surface area contributed by atoms with Crippen LogP contribution in [-0.4, -0.2) is 58.8 Å². The maximum atomic E-state index is 12.5. The van der Waals surface area contributed by atoms with Crippen LogP contribution < -0.4 is 11.1 Å². The normalized spacial score (nSPS) is 17.1. The first-order valence-corrected chi connectivity index (χ1v) is 10.7. The van der Waals surface area contributed by atoms with E-state index >= 15 is 0 Å². The quantitative estimate of drug-likeness (QED) is 0.652. The molecule has 1 aromatic carbocycles. The number of fused-ring (bicyclic) bond motifs is 3. The van der Waals surface area contributed by atoms with Crippen molar-refractivity contribution in [1.29, 1.82) is 0 Å². The predicted octanol–water partition coefficient (Wildman–Crippen LogP) is 1.74. The summed E-state index contributed by atoms with van der Waals surface area (Å²) in [6.07, 6.45) is 3.12. The number of aromatic amines is 1. The molecule has 0 aliphatic carbocycles. The Hall–Kier alpha value is -3.03. The van der Waals surface area contributed by atoms with Gasteiger partial charge in [0.05, 0.1) is 6.54 Å². The number of benzene rings is 1. The summed E-state index contributed by atoms with van der Waals surface area (Å²) in [5.41, 5.74) is 8.86. The molecule has 3 heterocycles. The van der Waals surface area contributed by atoms with Gasteiger partial charge in [-0.2, -0.15) is 0 Å². The SMILES string of the molecule is NC(=O)C1CCN(C(=O)CCCNC(=O)N2CCc3c([nH]c4ccccc34)C2)CC1. The largest absolute Gasteiger partial charge is 0.369 e. The number of primary amides is 1. The third-order valence-electron chi connectivity index (χ3n) is 6.26. The Morgan fingerprint density at radius 2 is 1.87 bits per heavy atom. The second-order valence-electron chi connectivity index (χ2n) is 8.19. The first kappa shape index (κ1) is 20.3. The molecule has 2 aliphatic rings. The van der Waals surface area contributed by atoms with Crippen molar-refractivity contribution in [2.24, 2.45) is 11.7 Å². The average Bonchev–Trinajstić information content (AvgIpc) is 3.14. The van der Waals surface area contributed by atoms with Gasteiger partial charge in [-0.3, -0.25) is 9.59 Å². The number of likely N-dealkylation sites (tertiary alicyclic amines) is 1. The van der Waals surface area contributed by atoms with E-state index in [0.29, 0.717) is 58.4 Å². The number of aromatic nitrogens is 1. The lowest BCUT2D eigenvalue weighted by molar-refractivity contribution is -0.134. The fraction of sp³-hybridized carbons (Fsp3) is 0.500. The van der Waals surface area contributed by atoms with Crippen molar-refractivity contribution >= 4 is 28.7 Å². The maximum absolute atomic E-state index is 12.5. The molecule has 0 bridgehead atoms. The van der Waals surface area contributed by atoms with Crippen LogP contribution in [0.3, 0.4) is 0 Å². The lowest BCUT2D eigenvalue weighted by Crippen LogP contribution is -2.43. The molecule has 30 heavy (non-hydrogen) atoms. The van der Waals surface area contributed by atoms with Crippen LogP contribution in [0, 0.1) is 5.92 Å². The van der Waals surface area contributed by atoms with Gasteiger partial charge in [0.15, 0.2) is 0 Å². The maximum Gasteiger partial charge on any atom is 0.317 e. The highest BCUT2D eigenvalue weighted by Crippen LogP contribution is 2.27. The third kappa shape index (κ3) is 4.27. The second kappa shape index (κ2) is 8.77. The van der Waals surface area contributed by atoms with Gasteiger partial charge in [0.2, 0.25) is 11.8 Å². The monoisotopic (exact) mass is 411 g/mol. The summed E-state index contributed by atoms with van der Waals surface area (Å²) in [7, 11) is 0. The summed E-state index contributed by atoms with van der Waals surface area (Å²) in [5.74, 6) is -0.314. The number of piperidine rings is 1. The van der Waals surface area contributed by atoms with E-state index in [4.69, 9.17) is 5.73 Å². The van der Waals surface area contributed by atoms with Gasteiger partial charge in [-0.15, -0.1) is 0 Å². The zero-order valence-corrected chi connectivity index (χ0v) is 17.2. The van der Waals surface area contributed by atoms with Crippen molar-refractivity contribution in [3.8, 4) is 0 Å². The number of para-hydroxylation sites is 1. The number of H-pyrrole nitrogens is 1. The highest BCUT2D eigenvalue weighted by molar-refractivity contribution is 5.85. The number of nitrogens with zero attached hydrogens (tertiary/aromatic N) is 2. The van der Waals surface area contributed by atoms with E-state index in [0.717, 1.165) is 17.6 Å². The molecule has 0 spiro atoms. The highest BCUT2D eigenvalue weighted by atomic mass is 16.2. The van der Waals surface area contributed by atoms with Crippen LogP contribution in [0.25, 0.3) is 10.9 Å². The Bertz CT molecular complexity index is 945. The summed E-state index contributed by atoms with van der Waals surface area (Å²) in [6, 6.07) is 8.14. The van der Waals surface area contributed by atoms with Gasteiger partial charge in [-0.25, -0.2) is 4.79 Å². The molecule has 0 atom stereocenters. The van der Waals surface area contributed by atoms with Crippen molar-refractivity contribution in [3.63, 3.8) is 0 Å². The number of hydrogen-bond acceptors (Lipinski definition) is 3. The number of urea groups is 1. The van der Waals surface area contributed by atoms with Crippen molar-refractivity contribution < 1.29 is 14.4 Å². The molecule has 0 saturated carbocycles. The number of amides is 4. The minimum absolute atomic E-state index is 0.0767. The smallest absolute Gasteiger partial charge is 0.317 e. The first-order chi connectivity index (χ1) is 14.5. The number of carbonyl (C=O) groups excluding carboxylic acids is 3. The fourth-order valence-electron chi connectivity index (χ4n) is 4.48. The van der Waals surface area contributed by atoms with Crippen LogP contribution in [0.5, 0.6) is 0 Å². The molecule has 1 aromatic heterocycles. The zero-order valence-electron chi connectivity index (χ0n) is 17.2. The van der Waals surface area contributed by atoms with Gasteiger partial charge < -0.3 is 25.8 Å². The minimum Gasteiger partial charge on any atom is -0.369 e. The van der Waals surface area contributed by atoms with Crippen molar-refractivity contribution in [3.05, 3.63) is 35.5 Å². The summed E-state index contributed by atoms with van der Waals surface area (Å²) in [5, 5.41) is 4.18. The molecule has 160 valence electrons. The molecule has 0 radical (unpaired) electrons. The molecular formula is C22H29N5O3. The van der Waals surface area contributed by atoms with Crippen LogP contribution >= 0.6 is 0 Å². The molecule has 8 heteroatoms. The van der Waals surface area contributed by atoms with E-state index in [1.807, 2.05) is 17.0 Å². The second-order valence-corrected chi connectivity index (χ2v) is 8.19. The van der Waals surface area contributed by atoms with Crippen LogP contribution in [0.15, 0.2) is 24.3 Å². The number of nitrogens with one attached hydrogen (secondary N) is 2. The topological polar surface area (TPSA) is 112 Å². The zero-order chi connectivity index (χ0) is 21.1. The lowest BCUT2D eigenvalue weighted by Gasteiger charge is -2.30. The Kier molecular flexibility index (Phi) is 5.92. The van der Waals surface area contributed by atoms with Crippen LogP contribution in [0.1, 0.15) is 36.9 Å². The Labute approximate surface area is 175 Å². The Balaban J connectivity index is 1.19. The standard InChI is InChI=1S/C22H29N5O3/c23-21(29)15-7-11-26(12-8-15)20(28)6-3-10-24-22(30)27-13-9-17-16-4-1-2-5-18(16)25-19(17)14-27/h1-2,4-5,15,25H,3,6-14H2,(H2,23,29)(H,24,30). The summed E-state index contributed by atoms with van der Waals surface area (Å²) in [6.45, 7) is 2.90. The number of carbonyl (C=O) groups is 3. The van der Waals surface area contributed by atoms with Gasteiger partial charge in [-0.05, 0) is 37.3 Å². The Morgan fingerprint density at radius 1 is 1.10 bits per heavy atom. The number of hydrogen-bond donors (Lipinski definition) is 3. The van der Waals surface area contributed by atoms with E-state index in [1.165, 1.54) is 10.9 Å². The van der Waals surface area contributed by atoms with Crippen molar-refractivity contribution in [1.82, 2.24) is 20.1 Å².